The van der Waals surface area contributed by atoms with E-state index in [9.17, 15) is 9.18 Å². The summed E-state index contributed by atoms with van der Waals surface area (Å²) in [5.74, 6) is 0.488. The quantitative estimate of drug-likeness (QED) is 0.767. The van der Waals surface area contributed by atoms with E-state index < -0.39 is 5.82 Å². The van der Waals surface area contributed by atoms with Crippen molar-refractivity contribution in [2.75, 3.05) is 32.6 Å². The average molecular weight is 347 g/mol. The zero-order valence-electron chi connectivity index (χ0n) is 14.8. The standard InChI is InChI=1S/C19H23FN2O3/c1-4-25-16-8-6-15(7-9-16)21-19(23)13-22(2)12-14-5-10-18(24-3)17(20)11-14/h5-11H,4,12-13H2,1-3H3,(H,21,23)/p+1. The van der Waals surface area contributed by atoms with E-state index in [-0.39, 0.29) is 18.2 Å². The summed E-state index contributed by atoms with van der Waals surface area (Å²) < 4.78 is 24.0. The van der Waals surface area contributed by atoms with Crippen LogP contribution in [0.3, 0.4) is 0 Å². The number of ether oxygens (including phenoxy) is 2. The number of benzene rings is 2. The average Bonchev–Trinajstić information content (AvgIpc) is 2.57. The maximum Gasteiger partial charge on any atom is 0.279 e. The SMILES string of the molecule is CCOc1ccc(NC(=O)C[NH+](C)Cc2ccc(OC)c(F)c2)cc1. The van der Waals surface area contributed by atoms with Crippen LogP contribution in [0.25, 0.3) is 0 Å². The first-order chi connectivity index (χ1) is 12.0. The Morgan fingerprint density at radius 2 is 1.92 bits per heavy atom. The minimum atomic E-state index is -0.397. The summed E-state index contributed by atoms with van der Waals surface area (Å²) in [4.78, 5) is 13.1. The summed E-state index contributed by atoms with van der Waals surface area (Å²) in [5.41, 5.74) is 1.53. The Morgan fingerprint density at radius 3 is 2.52 bits per heavy atom. The fourth-order valence-electron chi connectivity index (χ4n) is 2.51. The fraction of sp³-hybridized carbons (Fsp3) is 0.316. The molecule has 0 aliphatic rings. The molecule has 2 rings (SSSR count). The molecule has 0 saturated heterocycles. The highest BCUT2D eigenvalue weighted by atomic mass is 19.1. The minimum absolute atomic E-state index is 0.101. The van der Waals surface area contributed by atoms with Crippen molar-refractivity contribution in [3.8, 4) is 11.5 Å². The second kappa shape index (κ2) is 9.03. The van der Waals surface area contributed by atoms with Crippen molar-refractivity contribution in [3.63, 3.8) is 0 Å². The van der Waals surface area contributed by atoms with Crippen LogP contribution >= 0.6 is 0 Å². The highest BCUT2D eigenvalue weighted by Gasteiger charge is 2.12. The van der Waals surface area contributed by atoms with E-state index in [0.29, 0.717) is 13.2 Å². The molecule has 0 bridgehead atoms. The van der Waals surface area contributed by atoms with Crippen molar-refractivity contribution in [1.29, 1.82) is 0 Å². The Bertz CT molecular complexity index is 704. The molecule has 0 aliphatic carbocycles. The first-order valence-corrected chi connectivity index (χ1v) is 8.18. The number of hydrogen-bond donors (Lipinski definition) is 2. The number of carbonyl (C=O) groups excluding carboxylic acids is 1. The van der Waals surface area contributed by atoms with Crippen molar-refractivity contribution in [2.24, 2.45) is 0 Å². The van der Waals surface area contributed by atoms with E-state index in [2.05, 4.69) is 5.32 Å². The lowest BCUT2D eigenvalue weighted by Gasteiger charge is -2.14. The topological polar surface area (TPSA) is 52.0 Å². The van der Waals surface area contributed by atoms with E-state index in [4.69, 9.17) is 9.47 Å². The van der Waals surface area contributed by atoms with Gasteiger partial charge in [-0.3, -0.25) is 4.79 Å². The Labute approximate surface area is 147 Å². The minimum Gasteiger partial charge on any atom is -0.494 e. The van der Waals surface area contributed by atoms with Crippen LogP contribution in [0.1, 0.15) is 12.5 Å². The second-order valence-electron chi connectivity index (χ2n) is 5.79. The fourth-order valence-corrected chi connectivity index (χ4v) is 2.51. The summed E-state index contributed by atoms with van der Waals surface area (Å²) in [6.07, 6.45) is 0. The van der Waals surface area contributed by atoms with E-state index >= 15 is 0 Å². The molecule has 134 valence electrons. The van der Waals surface area contributed by atoms with Crippen LogP contribution in [0.15, 0.2) is 42.5 Å². The summed E-state index contributed by atoms with van der Waals surface area (Å²) in [7, 11) is 3.32. The molecule has 6 heteroatoms. The van der Waals surface area contributed by atoms with E-state index in [0.717, 1.165) is 21.9 Å². The van der Waals surface area contributed by atoms with Gasteiger partial charge in [0.2, 0.25) is 0 Å². The van der Waals surface area contributed by atoms with Gasteiger partial charge in [0.05, 0.1) is 20.8 Å². The molecule has 1 atom stereocenters. The molecule has 2 aromatic carbocycles. The van der Waals surface area contributed by atoms with Crippen molar-refractivity contribution in [3.05, 3.63) is 53.8 Å². The zero-order chi connectivity index (χ0) is 18.2. The van der Waals surface area contributed by atoms with Gasteiger partial charge in [0.1, 0.15) is 12.3 Å². The number of halogens is 1. The number of hydrogen-bond acceptors (Lipinski definition) is 3. The smallest absolute Gasteiger partial charge is 0.279 e. The highest BCUT2D eigenvalue weighted by Crippen LogP contribution is 2.17. The Hall–Kier alpha value is -2.60. The lowest BCUT2D eigenvalue weighted by Crippen LogP contribution is -3.08. The molecule has 25 heavy (non-hydrogen) atoms. The third kappa shape index (κ3) is 5.76. The molecule has 2 N–H and O–H groups in total. The maximum absolute atomic E-state index is 13.7. The molecular weight excluding hydrogens is 323 g/mol. The summed E-state index contributed by atoms with van der Waals surface area (Å²) in [5, 5.41) is 2.85. The molecule has 5 nitrogen and oxygen atoms in total. The Kier molecular flexibility index (Phi) is 6.77. The number of amides is 1. The number of anilines is 1. The first-order valence-electron chi connectivity index (χ1n) is 8.18. The van der Waals surface area contributed by atoms with Crippen molar-refractivity contribution in [1.82, 2.24) is 0 Å². The van der Waals surface area contributed by atoms with Gasteiger partial charge in [-0.2, -0.15) is 0 Å². The molecular formula is C19H24FN2O3+. The summed E-state index contributed by atoms with van der Waals surface area (Å²) in [6.45, 7) is 3.34. The van der Waals surface area contributed by atoms with Crippen LogP contribution < -0.4 is 19.7 Å². The molecule has 0 heterocycles. The second-order valence-corrected chi connectivity index (χ2v) is 5.79. The van der Waals surface area contributed by atoms with Crippen molar-refractivity contribution in [2.45, 2.75) is 13.5 Å². The first kappa shape index (κ1) is 18.7. The molecule has 0 radical (unpaired) electrons. The normalized spacial score (nSPS) is 11.7. The largest absolute Gasteiger partial charge is 0.494 e. The van der Waals surface area contributed by atoms with Gasteiger partial charge in [-0.1, -0.05) is 0 Å². The van der Waals surface area contributed by atoms with Crippen LogP contribution in [0.5, 0.6) is 11.5 Å². The Balaban J connectivity index is 1.86. The third-order valence-electron chi connectivity index (χ3n) is 3.63. The van der Waals surface area contributed by atoms with E-state index in [1.807, 2.05) is 26.1 Å². The van der Waals surface area contributed by atoms with Gasteiger partial charge in [0.25, 0.3) is 5.91 Å². The van der Waals surface area contributed by atoms with Crippen molar-refractivity contribution >= 4 is 11.6 Å². The van der Waals surface area contributed by atoms with E-state index in [1.54, 1.807) is 24.3 Å². The number of quaternary nitrogens is 1. The lowest BCUT2D eigenvalue weighted by molar-refractivity contribution is -0.885. The van der Waals surface area contributed by atoms with Crippen LogP contribution in [-0.2, 0) is 11.3 Å². The molecule has 0 aliphatic heterocycles. The van der Waals surface area contributed by atoms with Crippen LogP contribution in [0.2, 0.25) is 0 Å². The number of methoxy groups -OCH3 is 1. The van der Waals surface area contributed by atoms with E-state index in [1.165, 1.54) is 13.2 Å². The van der Waals surface area contributed by atoms with Crippen LogP contribution in [0, 0.1) is 5.82 Å². The number of carbonyl (C=O) groups is 1. The third-order valence-corrected chi connectivity index (χ3v) is 3.63. The number of rotatable bonds is 8. The number of nitrogens with one attached hydrogen (secondary N) is 2. The molecule has 0 aromatic heterocycles. The molecule has 1 unspecified atom stereocenters. The van der Waals surface area contributed by atoms with Crippen LogP contribution in [-0.4, -0.2) is 33.2 Å². The zero-order valence-corrected chi connectivity index (χ0v) is 14.8. The monoisotopic (exact) mass is 347 g/mol. The summed E-state index contributed by atoms with van der Waals surface area (Å²) >= 11 is 0. The van der Waals surface area contributed by atoms with Gasteiger partial charge in [0.15, 0.2) is 18.1 Å². The maximum atomic E-state index is 13.7. The predicted molar refractivity (Wildman–Crippen MR) is 94.7 cm³/mol. The molecule has 1 amide bonds. The lowest BCUT2D eigenvalue weighted by atomic mass is 10.2. The molecule has 2 aromatic rings. The predicted octanol–water partition coefficient (Wildman–Crippen LogP) is 1.89. The van der Waals surface area contributed by atoms with Gasteiger partial charge in [-0.05, 0) is 49.4 Å². The number of likely N-dealkylation sites (N-methyl/N-ethyl adjacent to an activating group) is 1. The van der Waals surface area contributed by atoms with Gasteiger partial charge < -0.3 is 19.7 Å². The van der Waals surface area contributed by atoms with Crippen LogP contribution in [0.4, 0.5) is 10.1 Å². The molecule has 0 fully saturated rings. The molecule has 0 saturated carbocycles. The van der Waals surface area contributed by atoms with Gasteiger partial charge >= 0.3 is 0 Å². The van der Waals surface area contributed by atoms with Gasteiger partial charge in [0, 0.05) is 11.3 Å². The molecule has 0 spiro atoms. The van der Waals surface area contributed by atoms with Crippen molar-refractivity contribution < 1.29 is 23.6 Å². The highest BCUT2D eigenvalue weighted by molar-refractivity contribution is 5.91. The Morgan fingerprint density at radius 1 is 1.20 bits per heavy atom. The van der Waals surface area contributed by atoms with Gasteiger partial charge in [-0.25, -0.2) is 4.39 Å². The van der Waals surface area contributed by atoms with Gasteiger partial charge in [-0.15, -0.1) is 0 Å². The summed E-state index contributed by atoms with van der Waals surface area (Å²) in [6, 6.07) is 12.1.